The summed E-state index contributed by atoms with van der Waals surface area (Å²) in [7, 11) is 0. The Kier molecular flexibility index (Phi) is 4.61. The fraction of sp³-hybridized carbons (Fsp3) is 0.182. The summed E-state index contributed by atoms with van der Waals surface area (Å²) >= 11 is 0. The molecule has 0 saturated carbocycles. The van der Waals surface area contributed by atoms with Crippen molar-refractivity contribution in [2.45, 2.75) is 19.5 Å². The van der Waals surface area contributed by atoms with E-state index in [1.807, 2.05) is 31.2 Å². The Hall–Kier alpha value is -3.78. The first-order chi connectivity index (χ1) is 14.7. The highest BCUT2D eigenvalue weighted by atomic mass is 16.2. The van der Waals surface area contributed by atoms with E-state index in [2.05, 4.69) is 48.2 Å². The van der Waals surface area contributed by atoms with Crippen molar-refractivity contribution in [1.29, 1.82) is 0 Å². The first kappa shape index (κ1) is 18.3. The van der Waals surface area contributed by atoms with E-state index in [1.54, 1.807) is 18.5 Å². The molecule has 30 heavy (non-hydrogen) atoms. The summed E-state index contributed by atoms with van der Waals surface area (Å²) in [6.07, 6.45) is 3.48. The maximum Gasteiger partial charge on any atom is 0.320 e. The van der Waals surface area contributed by atoms with Gasteiger partial charge in [0.2, 0.25) is 0 Å². The standard InChI is InChI=1S/C22H21N7O/c1-13-8-14(6-7-24-13)21-17-11-25-20(9-18(17)28-29-21)27-22(30)26-19-12-23-10-15-4-2-3-5-16(15)19/h2-9,11,19,23H,10,12H2,1H3,(H,28,29)(H2,25,26,27,30). The number of carbonyl (C=O) groups is 1. The van der Waals surface area contributed by atoms with Gasteiger partial charge in [-0.05, 0) is 30.2 Å². The predicted octanol–water partition coefficient (Wildman–Crippen LogP) is 3.29. The smallest absolute Gasteiger partial charge is 0.320 e. The lowest BCUT2D eigenvalue weighted by Gasteiger charge is -2.27. The Labute approximate surface area is 173 Å². The van der Waals surface area contributed by atoms with E-state index in [0.717, 1.165) is 40.0 Å². The van der Waals surface area contributed by atoms with E-state index >= 15 is 0 Å². The van der Waals surface area contributed by atoms with Gasteiger partial charge >= 0.3 is 6.03 Å². The number of benzene rings is 1. The van der Waals surface area contributed by atoms with Crippen molar-refractivity contribution in [3.63, 3.8) is 0 Å². The minimum Gasteiger partial charge on any atom is -0.330 e. The molecule has 8 nitrogen and oxygen atoms in total. The number of aromatic nitrogens is 4. The van der Waals surface area contributed by atoms with Crippen molar-refractivity contribution < 1.29 is 4.79 Å². The van der Waals surface area contributed by atoms with Gasteiger partial charge in [-0.1, -0.05) is 24.3 Å². The number of amides is 2. The second-order valence-electron chi connectivity index (χ2n) is 7.35. The Morgan fingerprint density at radius 1 is 1.17 bits per heavy atom. The summed E-state index contributed by atoms with van der Waals surface area (Å²) < 4.78 is 0. The zero-order valence-corrected chi connectivity index (χ0v) is 16.4. The molecular weight excluding hydrogens is 378 g/mol. The van der Waals surface area contributed by atoms with Gasteiger partial charge in [0.05, 0.1) is 11.6 Å². The molecule has 1 aromatic carbocycles. The van der Waals surface area contributed by atoms with Gasteiger partial charge in [-0.15, -0.1) is 0 Å². The van der Waals surface area contributed by atoms with Crippen LogP contribution >= 0.6 is 0 Å². The minimum atomic E-state index is -0.296. The number of H-pyrrole nitrogens is 1. The Morgan fingerprint density at radius 3 is 2.97 bits per heavy atom. The van der Waals surface area contributed by atoms with Gasteiger partial charge < -0.3 is 10.6 Å². The molecule has 5 rings (SSSR count). The zero-order valence-electron chi connectivity index (χ0n) is 16.4. The van der Waals surface area contributed by atoms with E-state index in [4.69, 9.17) is 0 Å². The number of rotatable bonds is 3. The summed E-state index contributed by atoms with van der Waals surface area (Å²) in [5.74, 6) is 0.457. The average molecular weight is 399 g/mol. The van der Waals surface area contributed by atoms with Crippen LogP contribution in [0.5, 0.6) is 0 Å². The molecule has 0 aliphatic carbocycles. The van der Waals surface area contributed by atoms with Crippen LogP contribution in [0.4, 0.5) is 10.6 Å². The molecule has 3 aromatic heterocycles. The summed E-state index contributed by atoms with van der Waals surface area (Å²) in [4.78, 5) is 21.2. The highest BCUT2D eigenvalue weighted by Crippen LogP contribution is 2.27. The summed E-state index contributed by atoms with van der Waals surface area (Å²) in [5, 5.41) is 17.5. The van der Waals surface area contributed by atoms with E-state index in [0.29, 0.717) is 12.4 Å². The molecule has 0 saturated heterocycles. The van der Waals surface area contributed by atoms with Gasteiger partial charge in [0, 0.05) is 48.2 Å². The molecule has 4 N–H and O–H groups in total. The fourth-order valence-corrected chi connectivity index (χ4v) is 3.83. The van der Waals surface area contributed by atoms with Crippen molar-refractivity contribution in [3.8, 4) is 11.3 Å². The fourth-order valence-electron chi connectivity index (χ4n) is 3.83. The number of urea groups is 1. The number of carbonyl (C=O) groups excluding carboxylic acids is 1. The van der Waals surface area contributed by atoms with E-state index < -0.39 is 0 Å². The van der Waals surface area contributed by atoms with Gasteiger partial charge in [0.15, 0.2) is 0 Å². The van der Waals surface area contributed by atoms with E-state index in [-0.39, 0.29) is 12.1 Å². The van der Waals surface area contributed by atoms with Crippen LogP contribution in [-0.4, -0.2) is 32.7 Å². The monoisotopic (exact) mass is 399 g/mol. The van der Waals surface area contributed by atoms with Crippen LogP contribution in [0, 0.1) is 6.92 Å². The van der Waals surface area contributed by atoms with Crippen molar-refractivity contribution in [1.82, 2.24) is 30.8 Å². The van der Waals surface area contributed by atoms with Crippen molar-refractivity contribution in [2.75, 3.05) is 11.9 Å². The first-order valence-electron chi connectivity index (χ1n) is 9.80. The zero-order chi connectivity index (χ0) is 20.5. The second kappa shape index (κ2) is 7.57. The lowest BCUT2D eigenvalue weighted by Crippen LogP contribution is -2.41. The van der Waals surface area contributed by atoms with Crippen molar-refractivity contribution >= 4 is 22.8 Å². The molecule has 1 unspecified atom stereocenters. The number of hydrogen-bond donors (Lipinski definition) is 4. The molecule has 0 radical (unpaired) electrons. The third-order valence-corrected chi connectivity index (χ3v) is 5.26. The Morgan fingerprint density at radius 2 is 2.07 bits per heavy atom. The molecule has 0 fully saturated rings. The van der Waals surface area contributed by atoms with Crippen LogP contribution in [0.25, 0.3) is 22.2 Å². The van der Waals surface area contributed by atoms with Gasteiger partial charge in [-0.25, -0.2) is 9.78 Å². The molecule has 4 aromatic rings. The molecular formula is C22H21N7O. The van der Waals surface area contributed by atoms with E-state index in [9.17, 15) is 4.79 Å². The van der Waals surface area contributed by atoms with Crippen LogP contribution in [-0.2, 0) is 6.54 Å². The Bertz CT molecular complexity index is 1230. The summed E-state index contributed by atoms with van der Waals surface area (Å²) in [6, 6.07) is 13.4. The number of pyridine rings is 2. The maximum absolute atomic E-state index is 12.6. The minimum absolute atomic E-state index is 0.0904. The normalized spacial score (nSPS) is 15.6. The van der Waals surface area contributed by atoms with Crippen LogP contribution in [0.15, 0.2) is 54.9 Å². The molecule has 1 aliphatic rings. The summed E-state index contributed by atoms with van der Waals surface area (Å²) in [5.41, 5.74) is 5.84. The largest absolute Gasteiger partial charge is 0.330 e. The summed E-state index contributed by atoms with van der Waals surface area (Å²) in [6.45, 7) is 3.44. The quantitative estimate of drug-likeness (QED) is 0.423. The molecule has 2 amide bonds. The third-order valence-electron chi connectivity index (χ3n) is 5.26. The molecule has 0 bridgehead atoms. The molecule has 1 atom stereocenters. The Balaban J connectivity index is 1.33. The maximum atomic E-state index is 12.6. The second-order valence-corrected chi connectivity index (χ2v) is 7.35. The van der Waals surface area contributed by atoms with Crippen LogP contribution in [0.3, 0.4) is 0 Å². The lowest BCUT2D eigenvalue weighted by molar-refractivity contribution is 0.247. The SMILES string of the molecule is Cc1cc(-c2n[nH]c3cc(NC(=O)NC4CNCc5ccccc54)ncc23)ccn1. The number of fused-ring (bicyclic) bond motifs is 2. The predicted molar refractivity (Wildman–Crippen MR) is 115 cm³/mol. The average Bonchev–Trinajstić information content (AvgIpc) is 3.17. The number of hydrogen-bond acceptors (Lipinski definition) is 5. The number of nitrogens with zero attached hydrogens (tertiary/aromatic N) is 3. The lowest BCUT2D eigenvalue weighted by atomic mass is 9.97. The molecule has 8 heteroatoms. The van der Waals surface area contributed by atoms with Crippen LogP contribution in [0.1, 0.15) is 22.9 Å². The van der Waals surface area contributed by atoms with Crippen molar-refractivity contribution in [3.05, 3.63) is 71.7 Å². The number of anilines is 1. The molecule has 1 aliphatic heterocycles. The topological polar surface area (TPSA) is 108 Å². The number of aryl methyl sites for hydroxylation is 1. The number of nitrogens with one attached hydrogen (secondary N) is 4. The third kappa shape index (κ3) is 3.48. The van der Waals surface area contributed by atoms with Gasteiger partial charge in [-0.3, -0.25) is 15.4 Å². The highest BCUT2D eigenvalue weighted by molar-refractivity contribution is 5.95. The molecule has 4 heterocycles. The van der Waals surface area contributed by atoms with Gasteiger partial charge in [0.25, 0.3) is 0 Å². The number of aromatic amines is 1. The van der Waals surface area contributed by atoms with Crippen LogP contribution in [0.2, 0.25) is 0 Å². The van der Waals surface area contributed by atoms with Gasteiger partial charge in [0.1, 0.15) is 11.5 Å². The van der Waals surface area contributed by atoms with Gasteiger partial charge in [-0.2, -0.15) is 5.10 Å². The molecule has 0 spiro atoms. The molecule has 150 valence electrons. The first-order valence-corrected chi connectivity index (χ1v) is 9.80. The highest BCUT2D eigenvalue weighted by Gasteiger charge is 2.21. The van der Waals surface area contributed by atoms with Crippen LogP contribution < -0.4 is 16.0 Å². The van der Waals surface area contributed by atoms with Crippen molar-refractivity contribution in [2.24, 2.45) is 0 Å². The van der Waals surface area contributed by atoms with E-state index in [1.165, 1.54) is 5.56 Å².